The lowest BCUT2D eigenvalue weighted by atomic mass is 9.52. The predicted molar refractivity (Wildman–Crippen MR) is 123 cm³/mol. The molecular formula is C27H35NO4. The third kappa shape index (κ3) is 3.07. The van der Waals surface area contributed by atoms with Crippen LogP contribution in [0.25, 0.3) is 0 Å². The van der Waals surface area contributed by atoms with E-state index in [1.807, 2.05) is 6.07 Å². The van der Waals surface area contributed by atoms with Gasteiger partial charge in [-0.15, -0.1) is 0 Å². The van der Waals surface area contributed by atoms with E-state index < -0.39 is 0 Å². The molecule has 6 rings (SSSR count). The second-order valence-electron chi connectivity index (χ2n) is 10.5. The topological polar surface area (TPSA) is 55.8 Å². The number of hydrogen-bond donors (Lipinski definition) is 0. The quantitative estimate of drug-likeness (QED) is 0.515. The van der Waals surface area contributed by atoms with E-state index in [4.69, 9.17) is 9.47 Å². The molecule has 1 aromatic carbocycles. The van der Waals surface area contributed by atoms with Gasteiger partial charge < -0.3 is 19.2 Å². The lowest BCUT2D eigenvalue weighted by molar-refractivity contribution is -0.138. The maximum Gasteiger partial charge on any atom is 0.174 e. The summed E-state index contributed by atoms with van der Waals surface area (Å²) in [6, 6.07) is 4.73. The van der Waals surface area contributed by atoms with Gasteiger partial charge in [0, 0.05) is 29.4 Å². The number of likely N-dealkylation sites (N-methyl/N-ethyl adjacent to an activating group) is 1. The molecule has 5 heteroatoms. The number of benzene rings is 1. The van der Waals surface area contributed by atoms with E-state index in [1.165, 1.54) is 16.7 Å². The van der Waals surface area contributed by atoms with Crippen molar-refractivity contribution in [1.82, 2.24) is 4.90 Å². The third-order valence-corrected chi connectivity index (χ3v) is 8.86. The van der Waals surface area contributed by atoms with Crippen LogP contribution in [0.3, 0.4) is 0 Å². The van der Waals surface area contributed by atoms with Crippen LogP contribution in [-0.2, 0) is 21.4 Å². The molecule has 6 atom stereocenters. The Balaban J connectivity index is 0.000000183. The maximum absolute atomic E-state index is 12.6. The SMILES string of the molecule is CC1=CC(C)C(C=O)CC1.COc1ccc2c3c1O[C@H]1C(=O)CC[C@H]4[C@@H](C2)N(C)CC[C@]314. The molecule has 5 nitrogen and oxygen atoms in total. The van der Waals surface area contributed by atoms with E-state index in [2.05, 4.69) is 37.9 Å². The lowest BCUT2D eigenvalue weighted by Crippen LogP contribution is -2.65. The minimum Gasteiger partial charge on any atom is -0.493 e. The number of aldehydes is 1. The molecule has 3 aliphatic carbocycles. The summed E-state index contributed by atoms with van der Waals surface area (Å²) < 4.78 is 11.8. The first-order chi connectivity index (χ1) is 15.4. The maximum atomic E-state index is 12.6. The minimum atomic E-state index is -0.284. The van der Waals surface area contributed by atoms with Gasteiger partial charge in [0.05, 0.1) is 7.11 Å². The van der Waals surface area contributed by atoms with E-state index in [9.17, 15) is 9.59 Å². The molecule has 1 spiro atoms. The molecule has 1 aromatic rings. The fourth-order valence-corrected chi connectivity index (χ4v) is 7.18. The van der Waals surface area contributed by atoms with Crippen LogP contribution in [0.15, 0.2) is 23.8 Å². The standard InChI is InChI=1S/C18H21NO3.C9H14O/c1-19-8-7-18-11-4-5-13(20)17(18)22-16-14(21-2)6-3-10(15(16)18)9-12(11)19;1-7-3-4-9(6-10)8(2)5-7/h3,6,11-12,17H,4-5,7-9H2,1-2H3;5-6,8-9H,3-4H2,1-2H3/t11-,12+,17-,18-;/m0./s1. The molecule has 2 fully saturated rings. The van der Waals surface area contributed by atoms with Gasteiger partial charge in [-0.25, -0.2) is 0 Å². The van der Waals surface area contributed by atoms with Gasteiger partial charge in [-0.2, -0.15) is 0 Å². The number of carbonyl (C=O) groups excluding carboxylic acids is 2. The first-order valence-corrected chi connectivity index (χ1v) is 12.1. The normalized spacial score (nSPS) is 36.8. The van der Waals surface area contributed by atoms with Crippen LogP contribution in [-0.4, -0.2) is 49.8 Å². The predicted octanol–water partition coefficient (Wildman–Crippen LogP) is 4.11. The summed E-state index contributed by atoms with van der Waals surface area (Å²) in [6.45, 7) is 5.30. The van der Waals surface area contributed by atoms with Crippen molar-refractivity contribution in [3.63, 3.8) is 0 Å². The van der Waals surface area contributed by atoms with E-state index >= 15 is 0 Å². The number of ether oxygens (including phenoxy) is 2. The molecule has 2 bridgehead atoms. The van der Waals surface area contributed by atoms with E-state index in [-0.39, 0.29) is 23.2 Å². The molecule has 0 N–H and O–H groups in total. The molecule has 1 saturated carbocycles. The highest BCUT2D eigenvalue weighted by Crippen LogP contribution is 2.63. The first-order valence-electron chi connectivity index (χ1n) is 12.1. The van der Waals surface area contributed by atoms with Crippen LogP contribution in [0.5, 0.6) is 11.5 Å². The molecule has 0 aromatic heterocycles. The second kappa shape index (κ2) is 8.02. The summed E-state index contributed by atoms with van der Waals surface area (Å²) in [5, 5.41) is 0. The molecule has 2 heterocycles. The van der Waals surface area contributed by atoms with Crippen LogP contribution in [0.1, 0.15) is 57.1 Å². The largest absolute Gasteiger partial charge is 0.493 e. The van der Waals surface area contributed by atoms with E-state index in [0.29, 0.717) is 24.3 Å². The minimum absolute atomic E-state index is 0.0933. The average Bonchev–Trinajstić information content (AvgIpc) is 3.14. The van der Waals surface area contributed by atoms with Crippen molar-refractivity contribution in [3.8, 4) is 11.5 Å². The molecule has 32 heavy (non-hydrogen) atoms. The monoisotopic (exact) mass is 437 g/mol. The van der Waals surface area contributed by atoms with Gasteiger partial charge in [-0.3, -0.25) is 4.79 Å². The Morgan fingerprint density at radius 2 is 2.06 bits per heavy atom. The third-order valence-electron chi connectivity index (χ3n) is 8.86. The van der Waals surface area contributed by atoms with Crippen molar-refractivity contribution < 1.29 is 19.1 Å². The number of methoxy groups -OCH3 is 1. The Bertz CT molecular complexity index is 969. The Kier molecular flexibility index (Phi) is 5.43. The van der Waals surface area contributed by atoms with Gasteiger partial charge in [0.2, 0.25) is 0 Å². The highest BCUT2D eigenvalue weighted by atomic mass is 16.5. The summed E-state index contributed by atoms with van der Waals surface area (Å²) in [5.41, 5.74) is 4.01. The number of Topliss-reactive ketones (excluding diaryl/α,β-unsaturated/α-hetero) is 1. The smallest absolute Gasteiger partial charge is 0.174 e. The van der Waals surface area contributed by atoms with E-state index in [1.54, 1.807) is 7.11 Å². The number of nitrogens with zero attached hydrogens (tertiary/aromatic N) is 1. The highest BCUT2D eigenvalue weighted by molar-refractivity contribution is 5.89. The number of ketones is 1. The van der Waals surface area contributed by atoms with Crippen molar-refractivity contribution in [2.24, 2.45) is 17.8 Å². The summed E-state index contributed by atoms with van der Waals surface area (Å²) in [6.07, 6.45) is 8.93. The Morgan fingerprint density at radius 3 is 2.78 bits per heavy atom. The summed E-state index contributed by atoms with van der Waals surface area (Å²) in [4.78, 5) is 25.6. The molecular weight excluding hydrogens is 402 g/mol. The summed E-state index contributed by atoms with van der Waals surface area (Å²) in [7, 11) is 3.91. The van der Waals surface area contributed by atoms with Crippen LogP contribution in [0.4, 0.5) is 0 Å². The number of rotatable bonds is 2. The Hall–Kier alpha value is -2.14. The van der Waals surface area contributed by atoms with Crippen LogP contribution < -0.4 is 9.47 Å². The van der Waals surface area contributed by atoms with Crippen molar-refractivity contribution in [2.75, 3.05) is 20.7 Å². The van der Waals surface area contributed by atoms with Crippen molar-refractivity contribution in [1.29, 1.82) is 0 Å². The summed E-state index contributed by atoms with van der Waals surface area (Å²) >= 11 is 0. The van der Waals surface area contributed by atoms with Gasteiger partial charge in [0.15, 0.2) is 23.4 Å². The molecule has 0 amide bonds. The second-order valence-corrected chi connectivity index (χ2v) is 10.5. The molecule has 0 radical (unpaired) electrons. The first kappa shape index (κ1) is 21.7. The fraction of sp³-hybridized carbons (Fsp3) is 0.630. The Morgan fingerprint density at radius 1 is 1.25 bits per heavy atom. The zero-order valence-corrected chi connectivity index (χ0v) is 19.7. The number of hydrogen-bond acceptors (Lipinski definition) is 5. The number of piperidine rings is 1. The Labute approximate surface area is 191 Å². The lowest BCUT2D eigenvalue weighted by Gasteiger charge is -2.57. The van der Waals surface area contributed by atoms with Gasteiger partial charge in [0.1, 0.15) is 6.29 Å². The van der Waals surface area contributed by atoms with Gasteiger partial charge >= 0.3 is 0 Å². The molecule has 2 aliphatic heterocycles. The van der Waals surface area contributed by atoms with Gasteiger partial charge in [-0.1, -0.05) is 24.6 Å². The van der Waals surface area contributed by atoms with Crippen molar-refractivity contribution in [2.45, 2.75) is 69.9 Å². The zero-order valence-electron chi connectivity index (χ0n) is 19.7. The van der Waals surface area contributed by atoms with Crippen molar-refractivity contribution in [3.05, 3.63) is 34.9 Å². The van der Waals surface area contributed by atoms with Crippen LogP contribution in [0.2, 0.25) is 0 Å². The van der Waals surface area contributed by atoms with E-state index in [0.717, 1.165) is 56.4 Å². The molecule has 172 valence electrons. The molecule has 1 saturated heterocycles. The van der Waals surface area contributed by atoms with Gasteiger partial charge in [0.25, 0.3) is 0 Å². The summed E-state index contributed by atoms with van der Waals surface area (Å²) in [5.74, 6) is 3.20. The van der Waals surface area contributed by atoms with Gasteiger partial charge in [-0.05, 0) is 76.1 Å². The van der Waals surface area contributed by atoms with Crippen LogP contribution in [0, 0.1) is 17.8 Å². The number of allylic oxidation sites excluding steroid dienone is 2. The molecule has 2 unspecified atom stereocenters. The average molecular weight is 438 g/mol. The zero-order chi connectivity index (χ0) is 22.6. The highest BCUT2D eigenvalue weighted by Gasteiger charge is 2.65. The molecule has 5 aliphatic rings. The fourth-order valence-electron chi connectivity index (χ4n) is 7.18. The number of likely N-dealkylation sites (tertiary alicyclic amines) is 1. The van der Waals surface area contributed by atoms with Crippen molar-refractivity contribution >= 4 is 12.1 Å². The van der Waals surface area contributed by atoms with Crippen LogP contribution >= 0.6 is 0 Å². The number of carbonyl (C=O) groups is 2.